The molecule has 0 aliphatic carbocycles. The standard InChI is InChI=1S/C16H26O4.H4O5P2/c1-12-5-7-13(8-6-12)16(20,14(2,3)4)15(9-17,10-18)11-19;1-6(2)5-7(3)4/h5-8,17-20H,9-11H2,1-4H3;1-4H. The molecule has 0 aliphatic rings. The van der Waals surface area contributed by atoms with Crippen LogP contribution in [-0.2, 0) is 9.91 Å². The van der Waals surface area contributed by atoms with Crippen LogP contribution in [0, 0.1) is 17.8 Å². The van der Waals surface area contributed by atoms with Crippen molar-refractivity contribution in [2.24, 2.45) is 10.8 Å². The largest absolute Gasteiger partial charge is 0.395 e. The first kappa shape index (κ1) is 26.7. The monoisotopic (exact) mass is 428 g/mol. The molecule has 11 heteroatoms. The van der Waals surface area contributed by atoms with Crippen molar-refractivity contribution in [2.45, 2.75) is 33.3 Å². The van der Waals surface area contributed by atoms with Crippen molar-refractivity contribution in [3.8, 4) is 0 Å². The lowest BCUT2D eigenvalue weighted by molar-refractivity contribution is -0.211. The molecule has 158 valence electrons. The lowest BCUT2D eigenvalue weighted by Gasteiger charge is -2.52. The molecule has 1 rings (SSSR count). The van der Waals surface area contributed by atoms with Gasteiger partial charge in [-0.1, -0.05) is 50.6 Å². The third-order valence-electron chi connectivity index (χ3n) is 4.38. The second-order valence-electron chi connectivity index (χ2n) is 7.17. The summed E-state index contributed by atoms with van der Waals surface area (Å²) in [6.07, 6.45) is 0. The van der Waals surface area contributed by atoms with Gasteiger partial charge < -0.3 is 40.0 Å². The molecule has 27 heavy (non-hydrogen) atoms. The zero-order valence-corrected chi connectivity index (χ0v) is 17.6. The van der Waals surface area contributed by atoms with Crippen LogP contribution >= 0.6 is 17.2 Å². The van der Waals surface area contributed by atoms with E-state index in [0.717, 1.165) is 5.56 Å². The van der Waals surface area contributed by atoms with Crippen LogP contribution in [0.5, 0.6) is 0 Å². The van der Waals surface area contributed by atoms with E-state index in [1.807, 2.05) is 39.8 Å². The predicted molar refractivity (Wildman–Crippen MR) is 102 cm³/mol. The summed E-state index contributed by atoms with van der Waals surface area (Å²) < 4.78 is 3.60. The van der Waals surface area contributed by atoms with Gasteiger partial charge in [0, 0.05) is 0 Å². The fraction of sp³-hybridized carbons (Fsp3) is 0.625. The Morgan fingerprint density at radius 3 is 1.41 bits per heavy atom. The molecule has 0 amide bonds. The molecule has 0 spiro atoms. The van der Waals surface area contributed by atoms with Crippen LogP contribution in [0.15, 0.2) is 24.3 Å². The minimum absolute atomic E-state index is 0.512. The van der Waals surface area contributed by atoms with Gasteiger partial charge in [-0.15, -0.1) is 0 Å². The minimum Gasteiger partial charge on any atom is -0.395 e. The Balaban J connectivity index is 0.000000821. The molecule has 1 aromatic carbocycles. The molecule has 9 nitrogen and oxygen atoms in total. The average molecular weight is 428 g/mol. The van der Waals surface area contributed by atoms with E-state index in [4.69, 9.17) is 19.6 Å². The van der Waals surface area contributed by atoms with Gasteiger partial charge in [0.05, 0.1) is 25.2 Å². The van der Waals surface area contributed by atoms with Gasteiger partial charge in [0.1, 0.15) is 5.60 Å². The number of hydrogen-bond acceptors (Lipinski definition) is 9. The van der Waals surface area contributed by atoms with Crippen molar-refractivity contribution in [1.29, 1.82) is 0 Å². The van der Waals surface area contributed by atoms with Crippen LogP contribution in [0.1, 0.15) is 31.9 Å². The third-order valence-corrected chi connectivity index (χ3v) is 5.54. The summed E-state index contributed by atoms with van der Waals surface area (Å²) in [5.74, 6) is 0. The number of aryl methyl sites for hydroxylation is 1. The molecule has 0 aliphatic heterocycles. The lowest BCUT2D eigenvalue weighted by Crippen LogP contribution is -2.59. The zero-order chi connectivity index (χ0) is 21.5. The molecule has 0 bridgehead atoms. The van der Waals surface area contributed by atoms with E-state index in [0.29, 0.717) is 5.56 Å². The molecule has 0 saturated carbocycles. The van der Waals surface area contributed by atoms with E-state index in [9.17, 15) is 20.4 Å². The summed E-state index contributed by atoms with van der Waals surface area (Å²) >= 11 is 0. The van der Waals surface area contributed by atoms with E-state index < -0.39 is 53.5 Å². The molecule has 0 radical (unpaired) electrons. The maximum absolute atomic E-state index is 11.3. The number of hydrogen-bond donors (Lipinski definition) is 8. The quantitative estimate of drug-likeness (QED) is 0.290. The highest BCUT2D eigenvalue weighted by molar-refractivity contribution is 7.53. The molecule has 1 unspecified atom stereocenters. The van der Waals surface area contributed by atoms with Crippen molar-refractivity contribution in [3.63, 3.8) is 0 Å². The molecule has 1 aromatic rings. The molecule has 0 aromatic heterocycles. The van der Waals surface area contributed by atoms with Crippen LogP contribution < -0.4 is 0 Å². The Labute approximate surface area is 161 Å². The summed E-state index contributed by atoms with van der Waals surface area (Å²) in [4.78, 5) is 31.3. The average Bonchev–Trinajstić information content (AvgIpc) is 2.55. The zero-order valence-electron chi connectivity index (χ0n) is 15.8. The molecule has 0 saturated heterocycles. The molecule has 1 atom stereocenters. The topological polar surface area (TPSA) is 171 Å². The highest BCUT2D eigenvalue weighted by atomic mass is 31.2. The maximum Gasteiger partial charge on any atom is 0.334 e. The second-order valence-corrected chi connectivity index (χ2v) is 8.83. The lowest BCUT2D eigenvalue weighted by atomic mass is 9.58. The Bertz CT molecular complexity index is 528. The van der Waals surface area contributed by atoms with Gasteiger partial charge in [0.15, 0.2) is 0 Å². The second kappa shape index (κ2) is 11.0. The number of aliphatic hydroxyl groups is 4. The molecular weight excluding hydrogens is 398 g/mol. The first-order valence-electron chi connectivity index (χ1n) is 7.97. The Kier molecular flexibility index (Phi) is 10.9. The molecule has 8 N–H and O–H groups in total. The van der Waals surface area contributed by atoms with E-state index in [1.54, 1.807) is 12.1 Å². The van der Waals surface area contributed by atoms with Crippen molar-refractivity contribution in [3.05, 3.63) is 35.4 Å². The summed E-state index contributed by atoms with van der Waals surface area (Å²) in [6.45, 7) is 5.87. The van der Waals surface area contributed by atoms with Crippen LogP contribution in [-0.4, -0.2) is 59.8 Å². The van der Waals surface area contributed by atoms with E-state index in [-0.39, 0.29) is 0 Å². The number of benzene rings is 1. The summed E-state index contributed by atoms with van der Waals surface area (Å²) in [6, 6.07) is 7.28. The highest BCUT2D eigenvalue weighted by Crippen LogP contribution is 2.51. The first-order valence-corrected chi connectivity index (χ1v) is 10.3. The predicted octanol–water partition coefficient (Wildman–Crippen LogP) is 0.618. The Morgan fingerprint density at radius 1 is 0.815 bits per heavy atom. The highest BCUT2D eigenvalue weighted by Gasteiger charge is 2.57. The van der Waals surface area contributed by atoms with Gasteiger partial charge in [-0.2, -0.15) is 0 Å². The summed E-state index contributed by atoms with van der Waals surface area (Å²) in [5.41, 5.74) is -2.04. The van der Waals surface area contributed by atoms with Gasteiger partial charge in [0.25, 0.3) is 0 Å². The van der Waals surface area contributed by atoms with Crippen LogP contribution in [0.3, 0.4) is 0 Å². The smallest absolute Gasteiger partial charge is 0.334 e. The third kappa shape index (κ3) is 6.63. The van der Waals surface area contributed by atoms with E-state index >= 15 is 0 Å². The molecule has 0 heterocycles. The summed E-state index contributed by atoms with van der Waals surface area (Å²) in [7, 11) is -5.22. The number of aliphatic hydroxyl groups excluding tert-OH is 3. The SMILES string of the molecule is Cc1ccc(C(O)(C(C)(C)C)C(CO)(CO)CO)cc1.OP(O)OP(O)O. The fourth-order valence-corrected chi connectivity index (χ4v) is 3.41. The minimum atomic E-state index is -2.61. The van der Waals surface area contributed by atoms with Crippen LogP contribution in [0.4, 0.5) is 0 Å². The van der Waals surface area contributed by atoms with Crippen molar-refractivity contribution in [1.82, 2.24) is 0 Å². The van der Waals surface area contributed by atoms with Crippen molar-refractivity contribution < 1.29 is 44.3 Å². The van der Waals surface area contributed by atoms with Crippen LogP contribution in [0.2, 0.25) is 0 Å². The Morgan fingerprint density at radius 2 is 1.19 bits per heavy atom. The maximum atomic E-state index is 11.3. The van der Waals surface area contributed by atoms with Crippen molar-refractivity contribution in [2.75, 3.05) is 19.8 Å². The summed E-state index contributed by atoms with van der Waals surface area (Å²) in [5, 5.41) is 40.5. The van der Waals surface area contributed by atoms with Gasteiger partial charge >= 0.3 is 17.2 Å². The van der Waals surface area contributed by atoms with Crippen LogP contribution in [0.25, 0.3) is 0 Å². The van der Waals surface area contributed by atoms with Gasteiger partial charge in [0.2, 0.25) is 0 Å². The molecule has 0 fully saturated rings. The first-order chi connectivity index (χ1) is 12.3. The Hall–Kier alpha value is -0.280. The van der Waals surface area contributed by atoms with Gasteiger partial charge in [-0.25, -0.2) is 4.31 Å². The normalized spacial score (nSPS) is 14.7. The van der Waals surface area contributed by atoms with E-state index in [1.165, 1.54) is 0 Å². The van der Waals surface area contributed by atoms with Crippen molar-refractivity contribution >= 4 is 17.2 Å². The van der Waals surface area contributed by atoms with E-state index in [2.05, 4.69) is 4.31 Å². The number of rotatable bonds is 7. The molecular formula is C16H30O9P2. The van der Waals surface area contributed by atoms with Gasteiger partial charge in [-0.3, -0.25) is 0 Å². The van der Waals surface area contributed by atoms with Gasteiger partial charge in [-0.05, 0) is 17.9 Å². The fourth-order valence-electron chi connectivity index (χ4n) is 2.89.